The predicted molar refractivity (Wildman–Crippen MR) is 94.1 cm³/mol. The molecule has 3 rings (SSSR count). The summed E-state index contributed by atoms with van der Waals surface area (Å²) in [6, 6.07) is 8.58. The first kappa shape index (κ1) is 17.7. The van der Waals surface area contributed by atoms with E-state index in [-0.39, 0.29) is 12.0 Å². The van der Waals surface area contributed by atoms with Crippen molar-refractivity contribution >= 4 is 0 Å². The Hall–Kier alpha value is -1.14. The summed E-state index contributed by atoms with van der Waals surface area (Å²) in [7, 11) is 2.20. The normalized spacial score (nSPS) is 28.5. The number of hydrogen-bond donors (Lipinski definition) is 2. The van der Waals surface area contributed by atoms with Crippen LogP contribution in [0.25, 0.3) is 0 Å². The van der Waals surface area contributed by atoms with Crippen molar-refractivity contribution in [3.63, 3.8) is 0 Å². The van der Waals surface area contributed by atoms with E-state index in [1.165, 1.54) is 12.0 Å². The van der Waals surface area contributed by atoms with Gasteiger partial charge in [-0.3, -0.25) is 4.90 Å². The van der Waals surface area contributed by atoms with Crippen molar-refractivity contribution in [2.24, 2.45) is 5.41 Å². The Labute approximate surface area is 144 Å². The summed E-state index contributed by atoms with van der Waals surface area (Å²) in [4.78, 5) is 4.93. The molecular weight excluding hydrogens is 304 g/mol. The molecule has 0 unspecified atom stereocenters. The van der Waals surface area contributed by atoms with Crippen LogP contribution in [0.2, 0.25) is 0 Å². The van der Waals surface area contributed by atoms with E-state index in [2.05, 4.69) is 29.0 Å². The molecule has 2 atom stereocenters. The fourth-order valence-electron chi connectivity index (χ4n) is 4.37. The number of piperidine rings is 2. The topological polar surface area (TPSA) is 56.2 Å². The fraction of sp³-hybridized carbons (Fsp3) is 0.684. The van der Waals surface area contributed by atoms with E-state index in [0.29, 0.717) is 19.3 Å². The third kappa shape index (κ3) is 3.75. The molecule has 2 N–H and O–H groups in total. The summed E-state index contributed by atoms with van der Waals surface area (Å²) in [6.45, 7) is 4.76. The molecule has 2 fully saturated rings. The maximum absolute atomic E-state index is 10.0. The third-order valence-electron chi connectivity index (χ3n) is 5.76. The van der Waals surface area contributed by atoms with Gasteiger partial charge in [0.1, 0.15) is 12.4 Å². The Balaban J connectivity index is 1.65. The van der Waals surface area contributed by atoms with Crippen LogP contribution >= 0.6 is 0 Å². The molecule has 24 heavy (non-hydrogen) atoms. The van der Waals surface area contributed by atoms with Gasteiger partial charge in [-0.05, 0) is 57.1 Å². The second-order valence-electron chi connectivity index (χ2n) is 7.33. The van der Waals surface area contributed by atoms with Gasteiger partial charge in [-0.1, -0.05) is 12.1 Å². The quantitative estimate of drug-likeness (QED) is 0.822. The number of nitrogens with zero attached hydrogens (tertiary/aromatic N) is 2. The lowest BCUT2D eigenvalue weighted by Gasteiger charge is -2.53. The van der Waals surface area contributed by atoms with Crippen LogP contribution in [-0.4, -0.2) is 72.6 Å². The molecule has 5 heteroatoms. The average molecular weight is 334 g/mol. The van der Waals surface area contributed by atoms with Crippen molar-refractivity contribution < 1.29 is 14.9 Å². The maximum atomic E-state index is 10.0. The van der Waals surface area contributed by atoms with Crippen molar-refractivity contribution in [1.82, 2.24) is 9.80 Å². The van der Waals surface area contributed by atoms with E-state index in [1.54, 1.807) is 0 Å². The van der Waals surface area contributed by atoms with E-state index in [0.717, 1.165) is 44.8 Å². The summed E-state index contributed by atoms with van der Waals surface area (Å²) >= 11 is 0. The van der Waals surface area contributed by atoms with Crippen molar-refractivity contribution in [3.8, 4) is 5.75 Å². The standard InChI is InChI=1S/C19H30N2O3/c1-20-8-3-6-19(15-23)7-9-21(14-18(19)20)13-16-4-2-5-17(12-16)24-11-10-22/h2,4-5,12,18,22-23H,3,6-11,13-15H2,1H3/t18-,19-/m1/s1. The minimum atomic E-state index is 0.0353. The Bertz CT molecular complexity index is 539. The van der Waals surface area contributed by atoms with E-state index in [9.17, 15) is 5.11 Å². The number of aliphatic hydroxyl groups is 2. The van der Waals surface area contributed by atoms with Crippen molar-refractivity contribution in [2.75, 3.05) is 46.5 Å². The van der Waals surface area contributed by atoms with Gasteiger partial charge in [0.2, 0.25) is 0 Å². The van der Waals surface area contributed by atoms with Gasteiger partial charge in [0.05, 0.1) is 13.2 Å². The second-order valence-corrected chi connectivity index (χ2v) is 7.33. The van der Waals surface area contributed by atoms with Crippen LogP contribution in [0, 0.1) is 5.41 Å². The summed E-state index contributed by atoms with van der Waals surface area (Å²) in [5.74, 6) is 0.818. The lowest BCUT2D eigenvalue weighted by atomic mass is 9.69. The lowest BCUT2D eigenvalue weighted by molar-refractivity contribution is -0.0684. The number of rotatable bonds is 6. The van der Waals surface area contributed by atoms with Crippen molar-refractivity contribution in [1.29, 1.82) is 0 Å². The average Bonchev–Trinajstić information content (AvgIpc) is 2.61. The first-order valence-corrected chi connectivity index (χ1v) is 9.03. The molecule has 0 aromatic heterocycles. The number of likely N-dealkylation sites (N-methyl/N-ethyl adjacent to an activating group) is 1. The molecular formula is C19H30N2O3. The van der Waals surface area contributed by atoms with Gasteiger partial charge in [0.25, 0.3) is 0 Å². The highest BCUT2D eigenvalue weighted by Crippen LogP contribution is 2.41. The lowest BCUT2D eigenvalue weighted by Crippen LogP contribution is -2.61. The number of likely N-dealkylation sites (tertiary alicyclic amines) is 2. The summed E-state index contributed by atoms with van der Waals surface area (Å²) < 4.78 is 5.51. The summed E-state index contributed by atoms with van der Waals surface area (Å²) in [6.07, 6.45) is 3.41. The van der Waals surface area contributed by atoms with Crippen LogP contribution in [0.5, 0.6) is 5.75 Å². The molecule has 1 aromatic carbocycles. The minimum absolute atomic E-state index is 0.0353. The van der Waals surface area contributed by atoms with Gasteiger partial charge in [-0.2, -0.15) is 0 Å². The Kier molecular flexibility index (Phi) is 5.76. The molecule has 0 aliphatic carbocycles. The van der Waals surface area contributed by atoms with Crippen molar-refractivity contribution in [2.45, 2.75) is 31.8 Å². The molecule has 1 aromatic rings. The number of hydrogen-bond acceptors (Lipinski definition) is 5. The van der Waals surface area contributed by atoms with E-state index < -0.39 is 0 Å². The first-order valence-electron chi connectivity index (χ1n) is 9.03. The minimum Gasteiger partial charge on any atom is -0.491 e. The zero-order valence-corrected chi connectivity index (χ0v) is 14.7. The van der Waals surface area contributed by atoms with Crippen LogP contribution in [0.4, 0.5) is 0 Å². The number of benzene rings is 1. The van der Waals surface area contributed by atoms with E-state index in [4.69, 9.17) is 9.84 Å². The summed E-state index contributed by atoms with van der Waals surface area (Å²) in [5, 5.41) is 18.9. The largest absolute Gasteiger partial charge is 0.491 e. The van der Waals surface area contributed by atoms with Crippen LogP contribution in [0.1, 0.15) is 24.8 Å². The van der Waals surface area contributed by atoms with Crippen LogP contribution in [0.15, 0.2) is 24.3 Å². The van der Waals surface area contributed by atoms with Crippen LogP contribution < -0.4 is 4.74 Å². The highest BCUT2D eigenvalue weighted by atomic mass is 16.5. The zero-order valence-electron chi connectivity index (χ0n) is 14.7. The van der Waals surface area contributed by atoms with E-state index in [1.807, 2.05) is 12.1 Å². The molecule has 0 radical (unpaired) electrons. The molecule has 0 saturated carbocycles. The molecule has 0 spiro atoms. The van der Waals surface area contributed by atoms with Gasteiger partial charge < -0.3 is 19.8 Å². The highest BCUT2D eigenvalue weighted by molar-refractivity contribution is 5.28. The Morgan fingerprint density at radius 3 is 2.92 bits per heavy atom. The highest BCUT2D eigenvalue weighted by Gasteiger charge is 2.46. The maximum Gasteiger partial charge on any atom is 0.119 e. The SMILES string of the molecule is CN1CCC[C@]2(CO)CCN(Cc3cccc(OCCO)c3)C[C@@H]12. The van der Waals surface area contributed by atoms with Gasteiger partial charge in [-0.25, -0.2) is 0 Å². The van der Waals surface area contributed by atoms with Gasteiger partial charge in [-0.15, -0.1) is 0 Å². The van der Waals surface area contributed by atoms with Crippen LogP contribution in [-0.2, 0) is 6.54 Å². The molecule has 2 aliphatic heterocycles. The monoisotopic (exact) mass is 334 g/mol. The summed E-state index contributed by atoms with van der Waals surface area (Å²) in [5.41, 5.74) is 1.33. The predicted octanol–water partition coefficient (Wildman–Crippen LogP) is 1.34. The van der Waals surface area contributed by atoms with Gasteiger partial charge in [0.15, 0.2) is 0 Å². The number of ether oxygens (including phenoxy) is 1. The number of fused-ring (bicyclic) bond motifs is 1. The zero-order chi connectivity index (χ0) is 17.0. The molecule has 0 bridgehead atoms. The Morgan fingerprint density at radius 1 is 1.25 bits per heavy atom. The van der Waals surface area contributed by atoms with Crippen LogP contribution in [0.3, 0.4) is 0 Å². The number of aliphatic hydroxyl groups excluding tert-OH is 2. The molecule has 134 valence electrons. The molecule has 2 saturated heterocycles. The molecule has 2 heterocycles. The van der Waals surface area contributed by atoms with Gasteiger partial charge in [0, 0.05) is 24.5 Å². The fourth-order valence-corrected chi connectivity index (χ4v) is 4.37. The van der Waals surface area contributed by atoms with E-state index >= 15 is 0 Å². The molecule has 0 amide bonds. The van der Waals surface area contributed by atoms with Gasteiger partial charge >= 0.3 is 0 Å². The van der Waals surface area contributed by atoms with Crippen molar-refractivity contribution in [3.05, 3.63) is 29.8 Å². The molecule has 2 aliphatic rings. The Morgan fingerprint density at radius 2 is 2.12 bits per heavy atom. The third-order valence-corrected chi connectivity index (χ3v) is 5.76. The first-order chi connectivity index (χ1) is 11.7. The second kappa shape index (κ2) is 7.83. The molecule has 5 nitrogen and oxygen atoms in total. The smallest absolute Gasteiger partial charge is 0.119 e.